The van der Waals surface area contributed by atoms with Gasteiger partial charge >= 0.3 is 0 Å². The molecule has 0 radical (unpaired) electrons. The van der Waals surface area contributed by atoms with Gasteiger partial charge in [-0.2, -0.15) is 0 Å². The van der Waals surface area contributed by atoms with Crippen LogP contribution in [-0.4, -0.2) is 56.0 Å². The van der Waals surface area contributed by atoms with E-state index in [1.807, 2.05) is 0 Å². The van der Waals surface area contributed by atoms with Crippen LogP contribution in [0.25, 0.3) is 0 Å². The van der Waals surface area contributed by atoms with E-state index < -0.39 is 0 Å². The molecule has 1 rings (SSSR count). The highest BCUT2D eigenvalue weighted by Gasteiger charge is 2.20. The Bertz CT molecular complexity index is 196. The van der Waals surface area contributed by atoms with Crippen molar-refractivity contribution in [1.29, 1.82) is 0 Å². The van der Waals surface area contributed by atoms with Crippen molar-refractivity contribution in [3.63, 3.8) is 0 Å². The molecule has 1 amide bonds. The molecule has 1 aliphatic rings. The Balaban J connectivity index is 2.13. The summed E-state index contributed by atoms with van der Waals surface area (Å²) in [6.45, 7) is 4.25. The quantitative estimate of drug-likeness (QED) is 0.664. The first-order valence-electron chi connectivity index (χ1n) is 5.23. The molecule has 82 valence electrons. The van der Waals surface area contributed by atoms with Crippen molar-refractivity contribution in [2.45, 2.75) is 12.8 Å². The van der Waals surface area contributed by atoms with Crippen molar-refractivity contribution >= 4 is 5.91 Å². The molecular weight excluding hydrogens is 178 g/mol. The van der Waals surface area contributed by atoms with Crippen LogP contribution >= 0.6 is 0 Å². The Hall–Kier alpha value is -0.610. The van der Waals surface area contributed by atoms with Gasteiger partial charge in [-0.1, -0.05) is 0 Å². The van der Waals surface area contributed by atoms with Gasteiger partial charge in [0.2, 0.25) is 5.91 Å². The highest BCUT2D eigenvalue weighted by molar-refractivity contribution is 5.73. The fraction of sp³-hybridized carbons (Fsp3) is 0.900. The zero-order valence-corrected chi connectivity index (χ0v) is 9.20. The second kappa shape index (κ2) is 5.32. The molecule has 0 aliphatic carbocycles. The number of nitrogens with zero attached hydrogens (tertiary/aromatic N) is 2. The van der Waals surface area contributed by atoms with Crippen molar-refractivity contribution in [3.05, 3.63) is 0 Å². The first-order chi connectivity index (χ1) is 6.58. The third kappa shape index (κ3) is 4.07. The van der Waals surface area contributed by atoms with E-state index in [-0.39, 0.29) is 5.91 Å². The normalized spacial score (nSPS) is 23.2. The molecule has 0 spiro atoms. The van der Waals surface area contributed by atoms with Crippen molar-refractivity contribution in [1.82, 2.24) is 9.80 Å². The minimum Gasteiger partial charge on any atom is -0.370 e. The zero-order chi connectivity index (χ0) is 10.6. The lowest BCUT2D eigenvalue weighted by molar-refractivity contribution is -0.118. The molecule has 2 N–H and O–H groups in total. The summed E-state index contributed by atoms with van der Waals surface area (Å²) in [4.78, 5) is 15.1. The van der Waals surface area contributed by atoms with Gasteiger partial charge in [0.1, 0.15) is 0 Å². The SMILES string of the molecule is CN(CCC(N)=O)CC1CCN(C)C1. The molecule has 1 aliphatic heterocycles. The average molecular weight is 199 g/mol. The van der Waals surface area contributed by atoms with E-state index in [0.29, 0.717) is 6.42 Å². The fourth-order valence-corrected chi connectivity index (χ4v) is 2.01. The molecule has 1 fully saturated rings. The molecule has 1 atom stereocenters. The Kier molecular flexibility index (Phi) is 4.35. The maximum Gasteiger partial charge on any atom is 0.218 e. The van der Waals surface area contributed by atoms with Gasteiger partial charge < -0.3 is 15.5 Å². The minimum absolute atomic E-state index is 0.208. The second-order valence-corrected chi connectivity index (χ2v) is 4.40. The lowest BCUT2D eigenvalue weighted by Gasteiger charge is -2.20. The van der Waals surface area contributed by atoms with Crippen molar-refractivity contribution in [2.24, 2.45) is 11.7 Å². The van der Waals surface area contributed by atoms with Crippen LogP contribution in [0, 0.1) is 5.92 Å². The monoisotopic (exact) mass is 199 g/mol. The van der Waals surface area contributed by atoms with Gasteiger partial charge in [-0.15, -0.1) is 0 Å². The first kappa shape index (κ1) is 11.5. The number of nitrogens with two attached hydrogens (primary N) is 1. The summed E-state index contributed by atoms with van der Waals surface area (Å²) >= 11 is 0. The minimum atomic E-state index is -0.208. The number of rotatable bonds is 5. The van der Waals surface area contributed by atoms with Gasteiger partial charge in [-0.25, -0.2) is 0 Å². The molecule has 1 heterocycles. The predicted molar refractivity (Wildman–Crippen MR) is 56.9 cm³/mol. The third-order valence-electron chi connectivity index (χ3n) is 2.80. The largest absolute Gasteiger partial charge is 0.370 e. The standard InChI is InChI=1S/C10H21N3O/c1-12-5-3-9(7-12)8-13(2)6-4-10(11)14/h9H,3-8H2,1-2H3,(H2,11,14). The lowest BCUT2D eigenvalue weighted by atomic mass is 10.1. The fourth-order valence-electron chi connectivity index (χ4n) is 2.01. The molecule has 14 heavy (non-hydrogen) atoms. The summed E-state index contributed by atoms with van der Waals surface area (Å²) in [6, 6.07) is 0. The molecule has 0 aromatic heterocycles. The van der Waals surface area contributed by atoms with E-state index in [9.17, 15) is 4.79 Å². The van der Waals surface area contributed by atoms with Gasteiger partial charge in [0.05, 0.1) is 0 Å². The van der Waals surface area contributed by atoms with Crippen molar-refractivity contribution < 1.29 is 4.79 Å². The topological polar surface area (TPSA) is 49.6 Å². The van der Waals surface area contributed by atoms with E-state index in [4.69, 9.17) is 5.73 Å². The molecule has 0 aromatic carbocycles. The number of hydrogen-bond donors (Lipinski definition) is 1. The van der Waals surface area contributed by atoms with Gasteiger partial charge in [0.15, 0.2) is 0 Å². The highest BCUT2D eigenvalue weighted by Crippen LogP contribution is 2.14. The van der Waals surface area contributed by atoms with E-state index in [0.717, 1.165) is 19.0 Å². The maximum atomic E-state index is 10.6. The molecule has 0 saturated carbocycles. The van der Waals surface area contributed by atoms with Gasteiger partial charge in [-0.3, -0.25) is 4.79 Å². The van der Waals surface area contributed by atoms with Crippen LogP contribution in [0.1, 0.15) is 12.8 Å². The van der Waals surface area contributed by atoms with Crippen LogP contribution in [0.4, 0.5) is 0 Å². The lowest BCUT2D eigenvalue weighted by Crippen LogP contribution is -2.30. The van der Waals surface area contributed by atoms with E-state index >= 15 is 0 Å². The molecule has 0 aromatic rings. The van der Waals surface area contributed by atoms with Crippen LogP contribution in [0.2, 0.25) is 0 Å². The number of likely N-dealkylation sites (tertiary alicyclic amines) is 1. The zero-order valence-electron chi connectivity index (χ0n) is 9.20. The first-order valence-corrected chi connectivity index (χ1v) is 5.23. The van der Waals surface area contributed by atoms with Gasteiger partial charge in [0.25, 0.3) is 0 Å². The van der Waals surface area contributed by atoms with E-state index in [2.05, 4.69) is 23.9 Å². The number of primary amides is 1. The van der Waals surface area contributed by atoms with Crippen molar-refractivity contribution in [3.8, 4) is 0 Å². The van der Waals surface area contributed by atoms with Gasteiger partial charge in [0, 0.05) is 26.1 Å². The van der Waals surface area contributed by atoms with Crippen LogP contribution in [0.15, 0.2) is 0 Å². The predicted octanol–water partition coefficient (Wildman–Crippen LogP) is -0.255. The summed E-state index contributed by atoms with van der Waals surface area (Å²) in [7, 11) is 4.21. The van der Waals surface area contributed by atoms with Gasteiger partial charge in [-0.05, 0) is 33.0 Å². The number of amides is 1. The summed E-state index contributed by atoms with van der Waals surface area (Å²) in [5.41, 5.74) is 5.10. The Labute approximate surface area is 86.0 Å². The second-order valence-electron chi connectivity index (χ2n) is 4.40. The van der Waals surface area contributed by atoms with Crippen LogP contribution in [0.5, 0.6) is 0 Å². The Morgan fingerprint density at radius 2 is 2.36 bits per heavy atom. The molecule has 1 unspecified atom stereocenters. The van der Waals surface area contributed by atoms with Crippen LogP contribution in [-0.2, 0) is 4.79 Å². The summed E-state index contributed by atoms with van der Waals surface area (Å²) in [5, 5.41) is 0. The van der Waals surface area contributed by atoms with Crippen molar-refractivity contribution in [2.75, 3.05) is 40.3 Å². The summed E-state index contributed by atoms with van der Waals surface area (Å²) < 4.78 is 0. The maximum absolute atomic E-state index is 10.6. The van der Waals surface area contributed by atoms with Crippen LogP contribution in [0.3, 0.4) is 0 Å². The number of hydrogen-bond acceptors (Lipinski definition) is 3. The smallest absolute Gasteiger partial charge is 0.218 e. The van der Waals surface area contributed by atoms with Crippen LogP contribution < -0.4 is 5.73 Å². The third-order valence-corrected chi connectivity index (χ3v) is 2.80. The molecule has 0 bridgehead atoms. The number of carbonyl (C=O) groups is 1. The van der Waals surface area contributed by atoms with E-state index in [1.165, 1.54) is 19.5 Å². The number of carbonyl (C=O) groups excluding carboxylic acids is 1. The summed E-state index contributed by atoms with van der Waals surface area (Å²) in [6.07, 6.45) is 1.75. The Morgan fingerprint density at radius 1 is 1.64 bits per heavy atom. The molecule has 4 heteroatoms. The summed E-state index contributed by atoms with van der Waals surface area (Å²) in [5.74, 6) is 0.554. The molecule has 4 nitrogen and oxygen atoms in total. The average Bonchev–Trinajstić information content (AvgIpc) is 2.48. The van der Waals surface area contributed by atoms with E-state index in [1.54, 1.807) is 0 Å². The molecule has 1 saturated heterocycles. The Morgan fingerprint density at radius 3 is 2.86 bits per heavy atom. The highest BCUT2D eigenvalue weighted by atomic mass is 16.1. The molecular formula is C10H21N3O.